The molecule has 4 bridgehead atoms. The van der Waals surface area contributed by atoms with Gasteiger partial charge in [-0.3, -0.25) is 19.2 Å². The van der Waals surface area contributed by atoms with Crippen molar-refractivity contribution in [2.24, 2.45) is 45.3 Å². The third-order valence-corrected chi connectivity index (χ3v) is 10.7. The molecule has 0 aromatic heterocycles. The predicted molar refractivity (Wildman–Crippen MR) is 125 cm³/mol. The number of rotatable bonds is 7. The van der Waals surface area contributed by atoms with Crippen LogP contribution in [0.2, 0.25) is 0 Å². The smallest absolute Gasteiger partial charge is 0.327 e. The van der Waals surface area contributed by atoms with Crippen molar-refractivity contribution < 1.29 is 38.1 Å². The van der Waals surface area contributed by atoms with Gasteiger partial charge in [-0.15, -0.1) is 0 Å². The number of nitriles is 2. The summed E-state index contributed by atoms with van der Waals surface area (Å²) in [6, 6.07) is 4.31. The minimum Gasteiger partial charge on any atom is -0.458 e. The molecule has 4 aliphatic carbocycles. The van der Waals surface area contributed by atoms with Gasteiger partial charge in [-0.05, 0) is 59.3 Å². The number of hydrogen-bond donors (Lipinski definition) is 0. The average Bonchev–Trinajstić information content (AvgIpc) is 3.66. The summed E-state index contributed by atoms with van der Waals surface area (Å²) in [7, 11) is 0. The Labute approximate surface area is 220 Å². The third-order valence-electron chi connectivity index (χ3n) is 10.7. The first-order valence-electron chi connectivity index (χ1n) is 13.5. The molecule has 0 spiro atoms. The number of hydrogen-bond acceptors (Lipinski definition) is 10. The van der Waals surface area contributed by atoms with E-state index in [2.05, 4.69) is 12.1 Å². The summed E-state index contributed by atoms with van der Waals surface area (Å²) in [6.07, 6.45) is 0.0951. The molecule has 2 saturated heterocycles. The highest BCUT2D eigenvalue weighted by molar-refractivity contribution is 5.86. The van der Waals surface area contributed by atoms with Gasteiger partial charge in [0.25, 0.3) is 0 Å². The molecule has 10 nitrogen and oxygen atoms in total. The fraction of sp³-hybridized carbons (Fsp3) is 0.786. The average molecular weight is 525 g/mol. The van der Waals surface area contributed by atoms with Crippen LogP contribution >= 0.6 is 0 Å². The van der Waals surface area contributed by atoms with Gasteiger partial charge in [-0.25, -0.2) is 0 Å². The van der Waals surface area contributed by atoms with Crippen LogP contribution < -0.4 is 0 Å². The number of fused-ring (bicyclic) bond motifs is 2. The van der Waals surface area contributed by atoms with Gasteiger partial charge >= 0.3 is 23.9 Å². The van der Waals surface area contributed by atoms with Crippen molar-refractivity contribution in [1.29, 1.82) is 10.5 Å². The molecule has 0 N–H and O–H groups in total. The Morgan fingerprint density at radius 3 is 1.76 bits per heavy atom. The van der Waals surface area contributed by atoms with Crippen molar-refractivity contribution >= 4 is 23.9 Å². The summed E-state index contributed by atoms with van der Waals surface area (Å²) in [5.41, 5.74) is -4.29. The van der Waals surface area contributed by atoms with Crippen molar-refractivity contribution in [2.45, 2.75) is 90.6 Å². The van der Waals surface area contributed by atoms with E-state index in [-0.39, 0.29) is 30.1 Å². The second-order valence-electron chi connectivity index (χ2n) is 13.2. The van der Waals surface area contributed by atoms with E-state index in [1.54, 1.807) is 20.8 Å². The molecule has 2 heterocycles. The van der Waals surface area contributed by atoms with E-state index in [9.17, 15) is 29.7 Å². The quantitative estimate of drug-likeness (QED) is 0.359. The van der Waals surface area contributed by atoms with Gasteiger partial charge in [-0.1, -0.05) is 6.92 Å². The largest absolute Gasteiger partial charge is 0.458 e. The molecule has 6 rings (SSSR count). The van der Waals surface area contributed by atoms with Crippen LogP contribution in [0.4, 0.5) is 0 Å². The van der Waals surface area contributed by atoms with Crippen LogP contribution in [0.25, 0.3) is 0 Å². The van der Waals surface area contributed by atoms with Crippen molar-refractivity contribution in [1.82, 2.24) is 0 Å². The summed E-state index contributed by atoms with van der Waals surface area (Å²) >= 11 is 0. The Bertz CT molecular complexity index is 1230. The van der Waals surface area contributed by atoms with Crippen LogP contribution in [-0.4, -0.2) is 48.3 Å². The molecule has 6 fully saturated rings. The molecule has 2 aliphatic heterocycles. The van der Waals surface area contributed by atoms with Crippen LogP contribution in [0.5, 0.6) is 0 Å². The van der Waals surface area contributed by atoms with Gasteiger partial charge in [0, 0.05) is 23.7 Å². The SMILES string of the molecule is CCC(C)(CC(C)(C)C(=O)OC1C2CC3C1OC(=O)C3(C#N)C2)C(=O)OC1C2CC3C1OC(=O)C3(C#N)C2. The standard InChI is InChI=1S/C28H32N2O8/c1-5-26(4,22(32)36-18-14-7-16-20(18)38-24(34)28(16,9-14)12-30)10-25(2,3)21(31)35-17-13-6-15-19(17)37-23(33)27(15,8-13)11-29/h13-20H,5-10H2,1-4H3. The van der Waals surface area contributed by atoms with Crippen LogP contribution in [0, 0.1) is 68.0 Å². The van der Waals surface area contributed by atoms with Crippen LogP contribution in [0.3, 0.4) is 0 Å². The highest BCUT2D eigenvalue weighted by atomic mass is 16.6. The van der Waals surface area contributed by atoms with E-state index >= 15 is 0 Å². The minimum atomic E-state index is -1.11. The molecular weight excluding hydrogens is 492 g/mol. The van der Waals surface area contributed by atoms with Crippen molar-refractivity contribution in [3.8, 4) is 12.1 Å². The molecule has 0 aromatic carbocycles. The summed E-state index contributed by atoms with van der Waals surface area (Å²) in [4.78, 5) is 51.7. The fourth-order valence-corrected chi connectivity index (χ4v) is 8.51. The van der Waals surface area contributed by atoms with E-state index < -0.39 is 70.0 Å². The normalized spacial score (nSPS) is 44.7. The topological polar surface area (TPSA) is 153 Å². The molecule has 0 radical (unpaired) electrons. The van der Waals surface area contributed by atoms with E-state index in [1.165, 1.54) is 0 Å². The predicted octanol–water partition coefficient (Wildman–Crippen LogP) is 2.59. The highest BCUT2D eigenvalue weighted by Crippen LogP contribution is 2.63. The van der Waals surface area contributed by atoms with Crippen LogP contribution in [-0.2, 0) is 38.1 Å². The van der Waals surface area contributed by atoms with E-state index in [0.717, 1.165) is 0 Å². The third kappa shape index (κ3) is 2.98. The summed E-state index contributed by atoms with van der Waals surface area (Å²) < 4.78 is 22.9. The molecule has 11 unspecified atom stereocenters. The van der Waals surface area contributed by atoms with E-state index in [4.69, 9.17) is 18.9 Å². The fourth-order valence-electron chi connectivity index (χ4n) is 8.51. The number of nitrogens with zero attached hydrogens (tertiary/aromatic N) is 2. The summed E-state index contributed by atoms with van der Waals surface area (Å²) in [5, 5.41) is 19.2. The zero-order chi connectivity index (χ0) is 27.4. The minimum absolute atomic E-state index is 0.105. The van der Waals surface area contributed by atoms with Gasteiger partial charge in [0.15, 0.2) is 10.8 Å². The summed E-state index contributed by atoms with van der Waals surface area (Å²) in [5.74, 6) is -2.71. The Morgan fingerprint density at radius 1 is 0.895 bits per heavy atom. The second kappa shape index (κ2) is 7.71. The molecule has 38 heavy (non-hydrogen) atoms. The summed E-state index contributed by atoms with van der Waals surface area (Å²) in [6.45, 7) is 7.06. The van der Waals surface area contributed by atoms with E-state index in [0.29, 0.717) is 32.1 Å². The molecule has 202 valence electrons. The molecule has 6 aliphatic rings. The van der Waals surface area contributed by atoms with Gasteiger partial charge in [0.05, 0.1) is 23.0 Å². The lowest BCUT2D eigenvalue weighted by atomic mass is 9.72. The maximum Gasteiger partial charge on any atom is 0.327 e. The number of carbonyl (C=O) groups is 4. The maximum absolute atomic E-state index is 13.5. The van der Waals surface area contributed by atoms with E-state index in [1.807, 2.05) is 6.92 Å². The van der Waals surface area contributed by atoms with Gasteiger partial charge < -0.3 is 18.9 Å². The first-order chi connectivity index (χ1) is 17.9. The lowest BCUT2D eigenvalue weighted by Gasteiger charge is -2.37. The Hall–Kier alpha value is -3.14. The molecule has 4 saturated carbocycles. The second-order valence-corrected chi connectivity index (χ2v) is 13.2. The number of carbonyl (C=O) groups excluding carboxylic acids is 4. The lowest BCUT2D eigenvalue weighted by Crippen LogP contribution is -2.46. The lowest BCUT2D eigenvalue weighted by molar-refractivity contribution is -0.179. The zero-order valence-electron chi connectivity index (χ0n) is 22.0. The monoisotopic (exact) mass is 524 g/mol. The van der Waals surface area contributed by atoms with Crippen LogP contribution in [0.15, 0.2) is 0 Å². The number of ether oxygens (including phenoxy) is 4. The van der Waals surface area contributed by atoms with Crippen LogP contribution in [0.1, 0.15) is 66.2 Å². The van der Waals surface area contributed by atoms with Gasteiger partial charge in [-0.2, -0.15) is 10.5 Å². The van der Waals surface area contributed by atoms with Gasteiger partial charge in [0.1, 0.15) is 24.4 Å². The highest BCUT2D eigenvalue weighted by Gasteiger charge is 2.73. The van der Waals surface area contributed by atoms with Gasteiger partial charge in [0.2, 0.25) is 0 Å². The molecular formula is C28H32N2O8. The van der Waals surface area contributed by atoms with Crippen molar-refractivity contribution in [3.05, 3.63) is 0 Å². The Kier molecular flexibility index (Phi) is 5.10. The first-order valence-corrected chi connectivity index (χ1v) is 13.5. The molecule has 0 amide bonds. The zero-order valence-corrected chi connectivity index (χ0v) is 22.0. The maximum atomic E-state index is 13.5. The Morgan fingerprint density at radius 2 is 1.34 bits per heavy atom. The molecule has 0 aromatic rings. The van der Waals surface area contributed by atoms with Crippen molar-refractivity contribution in [2.75, 3.05) is 0 Å². The molecule has 11 atom stereocenters. The first kappa shape index (κ1) is 25.2. The molecule has 10 heteroatoms. The van der Waals surface area contributed by atoms with Crippen molar-refractivity contribution in [3.63, 3.8) is 0 Å². The Balaban J connectivity index is 1.12. The number of esters is 4.